The van der Waals surface area contributed by atoms with Crippen LogP contribution in [0.3, 0.4) is 0 Å². The zero-order valence-electron chi connectivity index (χ0n) is 15.1. The molecular formula is C20H26N4O. The van der Waals surface area contributed by atoms with Crippen molar-refractivity contribution in [1.82, 2.24) is 14.7 Å². The van der Waals surface area contributed by atoms with E-state index in [-0.39, 0.29) is 6.10 Å². The molecule has 0 radical (unpaired) electrons. The second-order valence-electron chi connectivity index (χ2n) is 7.01. The minimum absolute atomic E-state index is 0.222. The lowest BCUT2D eigenvalue weighted by molar-refractivity contribution is 0.0536. The Hall–Kier alpha value is -2.14. The first-order valence-electron chi connectivity index (χ1n) is 9.28. The van der Waals surface area contributed by atoms with Crippen molar-refractivity contribution in [1.29, 1.82) is 0 Å². The maximum absolute atomic E-state index is 5.60. The molecule has 2 aliphatic rings. The molecule has 1 aromatic carbocycles. The molecule has 0 aliphatic carbocycles. The van der Waals surface area contributed by atoms with Gasteiger partial charge in [-0.25, -0.2) is 0 Å². The number of nitrogens with zero attached hydrogens (tertiary/aromatic N) is 4. The molecule has 1 atom stereocenters. The zero-order chi connectivity index (χ0) is 17.2. The molecule has 2 aromatic rings. The Balaban J connectivity index is 1.47. The minimum atomic E-state index is 0.222. The Bertz CT molecular complexity index is 766. The van der Waals surface area contributed by atoms with Crippen LogP contribution in [0.5, 0.6) is 0 Å². The van der Waals surface area contributed by atoms with Crippen molar-refractivity contribution in [3.63, 3.8) is 0 Å². The molecule has 0 spiro atoms. The highest BCUT2D eigenvalue weighted by Gasteiger charge is 2.26. The van der Waals surface area contributed by atoms with Gasteiger partial charge in [-0.2, -0.15) is 5.10 Å². The molecular weight excluding hydrogens is 312 g/mol. The monoisotopic (exact) mass is 338 g/mol. The second kappa shape index (κ2) is 7.00. The topological polar surface area (TPSA) is 42.6 Å². The van der Waals surface area contributed by atoms with Gasteiger partial charge in [-0.1, -0.05) is 42.4 Å². The predicted octanol–water partition coefficient (Wildman–Crippen LogP) is 3.04. The molecule has 0 bridgehead atoms. The van der Waals surface area contributed by atoms with Crippen molar-refractivity contribution in [2.75, 3.05) is 19.6 Å². The Morgan fingerprint density at radius 2 is 1.96 bits per heavy atom. The van der Waals surface area contributed by atoms with Gasteiger partial charge >= 0.3 is 0 Å². The van der Waals surface area contributed by atoms with Crippen LogP contribution in [0.1, 0.15) is 31.0 Å². The van der Waals surface area contributed by atoms with Gasteiger partial charge < -0.3 is 4.84 Å². The van der Waals surface area contributed by atoms with Crippen molar-refractivity contribution in [3.05, 3.63) is 41.6 Å². The van der Waals surface area contributed by atoms with E-state index in [1.807, 2.05) is 0 Å². The standard InChI is InChI=1S/C20H26N4O/c1-3-16-13-17(25-22-16)14-24-11-9-18-19(10-12-24)21-23(2)20(18)15-7-5-4-6-8-15/h4-8,17H,3,9-14H2,1-2H3. The van der Waals surface area contributed by atoms with E-state index in [4.69, 9.17) is 9.94 Å². The summed E-state index contributed by atoms with van der Waals surface area (Å²) in [4.78, 5) is 8.11. The fourth-order valence-electron chi connectivity index (χ4n) is 3.95. The van der Waals surface area contributed by atoms with E-state index in [2.05, 4.69) is 59.0 Å². The van der Waals surface area contributed by atoms with Gasteiger partial charge in [0, 0.05) is 50.7 Å². The van der Waals surface area contributed by atoms with E-state index in [0.29, 0.717) is 0 Å². The summed E-state index contributed by atoms with van der Waals surface area (Å²) in [5.41, 5.74) is 6.38. The van der Waals surface area contributed by atoms with Gasteiger partial charge in [-0.3, -0.25) is 9.58 Å². The Kier molecular flexibility index (Phi) is 4.57. The van der Waals surface area contributed by atoms with E-state index in [0.717, 1.165) is 45.3 Å². The highest BCUT2D eigenvalue weighted by atomic mass is 16.6. The molecule has 2 aliphatic heterocycles. The molecule has 132 valence electrons. The van der Waals surface area contributed by atoms with Crippen LogP contribution in [0.25, 0.3) is 11.3 Å². The average molecular weight is 338 g/mol. The van der Waals surface area contributed by atoms with Crippen molar-refractivity contribution < 1.29 is 4.84 Å². The molecule has 0 saturated carbocycles. The molecule has 0 N–H and O–H groups in total. The van der Waals surface area contributed by atoms with E-state index >= 15 is 0 Å². The third kappa shape index (κ3) is 3.33. The molecule has 0 fully saturated rings. The van der Waals surface area contributed by atoms with Crippen molar-refractivity contribution >= 4 is 5.71 Å². The quantitative estimate of drug-likeness (QED) is 0.860. The van der Waals surface area contributed by atoms with Crippen molar-refractivity contribution in [2.45, 2.75) is 38.7 Å². The molecule has 1 aromatic heterocycles. The predicted molar refractivity (Wildman–Crippen MR) is 99.7 cm³/mol. The van der Waals surface area contributed by atoms with Crippen LogP contribution >= 0.6 is 0 Å². The molecule has 4 rings (SSSR count). The Labute approximate surface area is 149 Å². The van der Waals surface area contributed by atoms with Gasteiger partial charge in [-0.05, 0) is 12.8 Å². The van der Waals surface area contributed by atoms with Crippen LogP contribution in [-0.4, -0.2) is 46.1 Å². The number of benzene rings is 1. The highest BCUT2D eigenvalue weighted by Crippen LogP contribution is 2.28. The Morgan fingerprint density at radius 3 is 2.72 bits per heavy atom. The first kappa shape index (κ1) is 16.3. The van der Waals surface area contributed by atoms with Gasteiger partial charge in [0.2, 0.25) is 0 Å². The summed E-state index contributed by atoms with van der Waals surface area (Å²) in [5, 5.41) is 9.01. The van der Waals surface area contributed by atoms with Crippen LogP contribution in [0.2, 0.25) is 0 Å². The third-order valence-corrected chi connectivity index (χ3v) is 5.28. The normalized spacial score (nSPS) is 20.7. The number of aryl methyl sites for hydroxylation is 1. The number of rotatable bonds is 4. The smallest absolute Gasteiger partial charge is 0.145 e. The maximum Gasteiger partial charge on any atom is 0.145 e. The lowest BCUT2D eigenvalue weighted by atomic mass is 10.0. The molecule has 25 heavy (non-hydrogen) atoms. The van der Waals surface area contributed by atoms with Crippen molar-refractivity contribution in [3.8, 4) is 11.3 Å². The first-order valence-corrected chi connectivity index (χ1v) is 9.28. The summed E-state index contributed by atoms with van der Waals surface area (Å²) in [6.45, 7) is 5.20. The zero-order valence-corrected chi connectivity index (χ0v) is 15.1. The van der Waals surface area contributed by atoms with E-state index in [1.165, 1.54) is 28.2 Å². The van der Waals surface area contributed by atoms with Crippen molar-refractivity contribution in [2.24, 2.45) is 12.2 Å². The van der Waals surface area contributed by atoms with Gasteiger partial charge in [-0.15, -0.1) is 0 Å². The number of hydrogen-bond donors (Lipinski definition) is 0. The van der Waals surface area contributed by atoms with E-state index in [1.54, 1.807) is 0 Å². The van der Waals surface area contributed by atoms with Gasteiger partial charge in [0.05, 0.1) is 17.1 Å². The number of hydrogen-bond acceptors (Lipinski definition) is 4. The van der Waals surface area contributed by atoms with Crippen LogP contribution in [0.15, 0.2) is 35.5 Å². The van der Waals surface area contributed by atoms with Gasteiger partial charge in [0.15, 0.2) is 0 Å². The van der Waals surface area contributed by atoms with Gasteiger partial charge in [0.1, 0.15) is 6.10 Å². The summed E-state index contributed by atoms with van der Waals surface area (Å²) >= 11 is 0. The van der Waals surface area contributed by atoms with Gasteiger partial charge in [0.25, 0.3) is 0 Å². The number of aromatic nitrogens is 2. The summed E-state index contributed by atoms with van der Waals surface area (Å²) in [6.07, 6.45) is 4.24. The highest BCUT2D eigenvalue weighted by molar-refractivity contribution is 5.85. The lowest BCUT2D eigenvalue weighted by Crippen LogP contribution is -2.34. The number of fused-ring (bicyclic) bond motifs is 1. The molecule has 0 amide bonds. The largest absolute Gasteiger partial charge is 0.391 e. The van der Waals surface area contributed by atoms with E-state index in [9.17, 15) is 0 Å². The van der Waals surface area contributed by atoms with Crippen LogP contribution in [0.4, 0.5) is 0 Å². The van der Waals surface area contributed by atoms with E-state index < -0.39 is 0 Å². The fraction of sp³-hybridized carbons (Fsp3) is 0.500. The maximum atomic E-state index is 5.60. The lowest BCUT2D eigenvalue weighted by Gasteiger charge is -2.22. The third-order valence-electron chi connectivity index (χ3n) is 5.28. The molecule has 3 heterocycles. The molecule has 5 nitrogen and oxygen atoms in total. The SMILES string of the molecule is CCC1=NOC(CN2CCc3nn(C)c(-c4ccccc4)c3CC2)C1. The summed E-state index contributed by atoms with van der Waals surface area (Å²) in [7, 11) is 2.06. The van der Waals surface area contributed by atoms with Crippen LogP contribution < -0.4 is 0 Å². The molecule has 5 heteroatoms. The molecule has 0 saturated heterocycles. The first-order chi connectivity index (χ1) is 12.2. The summed E-state index contributed by atoms with van der Waals surface area (Å²) in [5.74, 6) is 0. The number of oxime groups is 1. The Morgan fingerprint density at radius 1 is 1.16 bits per heavy atom. The minimum Gasteiger partial charge on any atom is -0.391 e. The summed E-state index contributed by atoms with van der Waals surface area (Å²) < 4.78 is 2.05. The van der Waals surface area contributed by atoms with Crippen LogP contribution in [0, 0.1) is 0 Å². The average Bonchev–Trinajstić information content (AvgIpc) is 3.16. The molecule has 1 unspecified atom stereocenters. The van der Waals surface area contributed by atoms with Crippen LogP contribution in [-0.2, 0) is 24.7 Å². The second-order valence-corrected chi connectivity index (χ2v) is 7.01. The summed E-state index contributed by atoms with van der Waals surface area (Å²) in [6, 6.07) is 10.6. The fourth-order valence-corrected chi connectivity index (χ4v) is 3.95.